The number of rotatable bonds is 4. The molecule has 7 heteroatoms. The summed E-state index contributed by atoms with van der Waals surface area (Å²) < 4.78 is 19.2. The van der Waals surface area contributed by atoms with Crippen molar-refractivity contribution in [3.8, 4) is 11.5 Å². The molecule has 1 N–H and O–H groups in total. The van der Waals surface area contributed by atoms with Gasteiger partial charge in [-0.05, 0) is 31.2 Å². The fourth-order valence-electron chi connectivity index (χ4n) is 2.04. The van der Waals surface area contributed by atoms with Crippen molar-refractivity contribution in [2.45, 2.75) is 13.3 Å². The van der Waals surface area contributed by atoms with E-state index in [1.165, 1.54) is 23.5 Å². The Morgan fingerprint density at radius 2 is 2.22 bits per heavy atom. The molecule has 0 aliphatic carbocycles. The van der Waals surface area contributed by atoms with Crippen molar-refractivity contribution in [2.24, 2.45) is 0 Å². The van der Waals surface area contributed by atoms with Crippen molar-refractivity contribution in [3.05, 3.63) is 57.9 Å². The molecule has 2 heterocycles. The van der Waals surface area contributed by atoms with Crippen LogP contribution in [0.25, 0.3) is 11.5 Å². The summed E-state index contributed by atoms with van der Waals surface area (Å²) in [7, 11) is 0. The summed E-state index contributed by atoms with van der Waals surface area (Å²) in [4.78, 5) is 16.3. The van der Waals surface area contributed by atoms with E-state index >= 15 is 0 Å². The molecule has 0 radical (unpaired) electrons. The van der Waals surface area contributed by atoms with Gasteiger partial charge in [-0.25, -0.2) is 9.37 Å². The monoisotopic (exact) mass is 350 g/mol. The Kier molecular flexibility index (Phi) is 4.45. The summed E-state index contributed by atoms with van der Waals surface area (Å²) in [5.74, 6) is 0.538. The zero-order chi connectivity index (χ0) is 16.4. The Morgan fingerprint density at radius 1 is 1.39 bits per heavy atom. The minimum Gasteiger partial charge on any atom is -0.460 e. The number of benzene rings is 1. The van der Waals surface area contributed by atoms with Gasteiger partial charge in [0.25, 0.3) is 0 Å². The summed E-state index contributed by atoms with van der Waals surface area (Å²) in [6, 6.07) is 7.98. The van der Waals surface area contributed by atoms with E-state index in [0.717, 1.165) is 5.76 Å². The number of thiazole rings is 1. The molecule has 0 saturated carbocycles. The molecule has 0 aliphatic rings. The molecule has 3 rings (SSSR count). The van der Waals surface area contributed by atoms with Gasteiger partial charge in [0.05, 0.1) is 6.42 Å². The van der Waals surface area contributed by atoms with Gasteiger partial charge in [-0.2, -0.15) is 0 Å². The molecule has 118 valence electrons. The molecule has 1 aromatic carbocycles. The summed E-state index contributed by atoms with van der Waals surface area (Å²) in [6.07, 6.45) is -0.152. The average molecular weight is 351 g/mol. The van der Waals surface area contributed by atoms with E-state index in [0.29, 0.717) is 16.6 Å². The normalized spacial score (nSPS) is 10.7. The first-order valence-corrected chi connectivity index (χ1v) is 8.04. The predicted octanol–water partition coefficient (Wildman–Crippen LogP) is 4.69. The van der Waals surface area contributed by atoms with E-state index in [2.05, 4.69) is 10.3 Å². The third kappa shape index (κ3) is 3.60. The molecule has 0 saturated heterocycles. The smallest absolute Gasteiger partial charge is 0.230 e. The van der Waals surface area contributed by atoms with Crippen LogP contribution in [0, 0.1) is 12.7 Å². The fourth-order valence-corrected chi connectivity index (χ4v) is 2.99. The lowest BCUT2D eigenvalue weighted by atomic mass is 10.1. The van der Waals surface area contributed by atoms with E-state index in [1.807, 2.05) is 19.1 Å². The number of halogens is 2. The van der Waals surface area contributed by atoms with Gasteiger partial charge in [-0.15, -0.1) is 11.3 Å². The van der Waals surface area contributed by atoms with Crippen molar-refractivity contribution >= 4 is 34.0 Å². The van der Waals surface area contributed by atoms with Crippen molar-refractivity contribution in [1.82, 2.24) is 4.98 Å². The minimum atomic E-state index is -0.501. The molecule has 0 fully saturated rings. The van der Waals surface area contributed by atoms with Crippen molar-refractivity contribution in [3.63, 3.8) is 0 Å². The van der Waals surface area contributed by atoms with Crippen LogP contribution in [0.3, 0.4) is 0 Å². The predicted molar refractivity (Wildman–Crippen MR) is 88.3 cm³/mol. The van der Waals surface area contributed by atoms with Gasteiger partial charge >= 0.3 is 0 Å². The number of furan rings is 1. The van der Waals surface area contributed by atoms with E-state index in [-0.39, 0.29) is 22.9 Å². The van der Waals surface area contributed by atoms with Gasteiger partial charge in [-0.3, -0.25) is 4.79 Å². The first-order chi connectivity index (χ1) is 11.0. The maximum Gasteiger partial charge on any atom is 0.230 e. The lowest BCUT2D eigenvalue weighted by Crippen LogP contribution is -2.15. The summed E-state index contributed by atoms with van der Waals surface area (Å²) >= 11 is 7.19. The summed E-state index contributed by atoms with van der Waals surface area (Å²) in [5, 5.41) is 5.08. The number of nitrogens with zero attached hydrogens (tertiary/aromatic N) is 1. The van der Waals surface area contributed by atoms with Crippen LogP contribution in [0.2, 0.25) is 5.02 Å². The largest absolute Gasteiger partial charge is 0.460 e. The Hall–Kier alpha value is -2.18. The van der Waals surface area contributed by atoms with Crippen LogP contribution in [0.4, 0.5) is 9.52 Å². The highest BCUT2D eigenvalue weighted by atomic mass is 35.5. The molecule has 1 amide bonds. The lowest BCUT2D eigenvalue weighted by molar-refractivity contribution is -0.115. The van der Waals surface area contributed by atoms with E-state index in [9.17, 15) is 9.18 Å². The number of aromatic nitrogens is 1. The molecule has 0 spiro atoms. The Morgan fingerprint density at radius 3 is 2.91 bits per heavy atom. The van der Waals surface area contributed by atoms with Crippen molar-refractivity contribution < 1.29 is 13.6 Å². The molecule has 23 heavy (non-hydrogen) atoms. The zero-order valence-corrected chi connectivity index (χ0v) is 13.7. The van der Waals surface area contributed by atoms with Gasteiger partial charge in [0.2, 0.25) is 5.91 Å². The second-order valence-corrected chi connectivity index (χ2v) is 6.14. The van der Waals surface area contributed by atoms with Crippen molar-refractivity contribution in [2.75, 3.05) is 5.32 Å². The highest BCUT2D eigenvalue weighted by Gasteiger charge is 2.14. The van der Waals surface area contributed by atoms with Crippen LogP contribution in [-0.2, 0) is 11.2 Å². The third-order valence-electron chi connectivity index (χ3n) is 3.14. The van der Waals surface area contributed by atoms with Crippen LogP contribution in [-0.4, -0.2) is 10.9 Å². The average Bonchev–Trinajstić information content (AvgIpc) is 3.12. The molecule has 2 aromatic heterocycles. The maximum absolute atomic E-state index is 13.7. The van der Waals surface area contributed by atoms with Crippen molar-refractivity contribution in [1.29, 1.82) is 0 Å². The SMILES string of the molecule is Cc1ccc(-c2csc(NC(=O)Cc3c(F)cccc3Cl)n2)o1. The van der Waals surface area contributed by atoms with Crippen LogP contribution in [0.1, 0.15) is 11.3 Å². The molecule has 3 aromatic rings. The Balaban J connectivity index is 1.70. The van der Waals surface area contributed by atoms with Crippen LogP contribution in [0.15, 0.2) is 40.1 Å². The van der Waals surface area contributed by atoms with Crippen LogP contribution in [0.5, 0.6) is 0 Å². The van der Waals surface area contributed by atoms with Gasteiger partial charge in [0, 0.05) is 16.0 Å². The first-order valence-electron chi connectivity index (χ1n) is 6.78. The van der Waals surface area contributed by atoms with Gasteiger partial charge < -0.3 is 9.73 Å². The molecule has 0 unspecified atom stereocenters. The summed E-state index contributed by atoms with van der Waals surface area (Å²) in [6.45, 7) is 1.84. The lowest BCUT2D eigenvalue weighted by Gasteiger charge is -2.05. The zero-order valence-electron chi connectivity index (χ0n) is 12.1. The highest BCUT2D eigenvalue weighted by Crippen LogP contribution is 2.27. The Labute approximate surface area is 140 Å². The number of anilines is 1. The first kappa shape index (κ1) is 15.7. The third-order valence-corrected chi connectivity index (χ3v) is 4.25. The number of nitrogens with one attached hydrogen (secondary N) is 1. The second kappa shape index (κ2) is 6.52. The molecule has 0 aliphatic heterocycles. The van der Waals surface area contributed by atoms with Gasteiger partial charge in [0.1, 0.15) is 17.3 Å². The van der Waals surface area contributed by atoms with E-state index in [1.54, 1.807) is 11.4 Å². The molecule has 0 bridgehead atoms. The number of carbonyl (C=O) groups excluding carboxylic acids is 1. The maximum atomic E-state index is 13.7. The number of aryl methyl sites for hydroxylation is 1. The Bertz CT molecular complexity index is 839. The number of hydrogen-bond donors (Lipinski definition) is 1. The van der Waals surface area contributed by atoms with E-state index in [4.69, 9.17) is 16.0 Å². The number of amides is 1. The fraction of sp³-hybridized carbons (Fsp3) is 0.125. The molecule has 4 nitrogen and oxygen atoms in total. The number of carbonyl (C=O) groups is 1. The van der Waals surface area contributed by atoms with Gasteiger partial charge in [-0.1, -0.05) is 17.7 Å². The van der Waals surface area contributed by atoms with Gasteiger partial charge in [0.15, 0.2) is 10.9 Å². The number of hydrogen-bond acceptors (Lipinski definition) is 4. The standard InChI is InChI=1S/C16H12ClFN2O2S/c1-9-5-6-14(22-9)13-8-23-16(19-13)20-15(21)7-10-11(17)3-2-4-12(10)18/h2-6,8H,7H2,1H3,(H,19,20,21). The minimum absolute atomic E-state index is 0.152. The van der Waals surface area contributed by atoms with Crippen LogP contribution >= 0.6 is 22.9 Å². The summed E-state index contributed by atoms with van der Waals surface area (Å²) in [5.41, 5.74) is 0.812. The molecular weight excluding hydrogens is 339 g/mol. The molecule has 0 atom stereocenters. The quantitative estimate of drug-likeness (QED) is 0.743. The topological polar surface area (TPSA) is 55.1 Å². The highest BCUT2D eigenvalue weighted by molar-refractivity contribution is 7.14. The molecular formula is C16H12ClFN2O2S. The van der Waals surface area contributed by atoms with Crippen LogP contribution < -0.4 is 5.32 Å². The van der Waals surface area contributed by atoms with E-state index < -0.39 is 5.82 Å². The second-order valence-electron chi connectivity index (χ2n) is 4.87.